The molecule has 0 bridgehead atoms. The van der Waals surface area contributed by atoms with E-state index in [0.717, 1.165) is 0 Å². The summed E-state index contributed by atoms with van der Waals surface area (Å²) in [7, 11) is 1.59. The van der Waals surface area contributed by atoms with Crippen LogP contribution in [0.15, 0.2) is 18.2 Å². The molecule has 1 aromatic rings. The first-order valence-electron chi connectivity index (χ1n) is 5.06. The van der Waals surface area contributed by atoms with Crippen LogP contribution < -0.4 is 0 Å². The molecule has 0 aromatic heterocycles. The molecule has 0 unspecified atom stereocenters. The van der Waals surface area contributed by atoms with Crippen molar-refractivity contribution < 1.29 is 9.72 Å². The number of nitro groups is 1. The lowest BCUT2D eigenvalue weighted by Crippen LogP contribution is -2.33. The van der Waals surface area contributed by atoms with Gasteiger partial charge in [0.25, 0.3) is 5.91 Å². The van der Waals surface area contributed by atoms with Crippen LogP contribution in [0.4, 0.5) is 5.69 Å². The molecular formula is C11H13ClN2O3. The van der Waals surface area contributed by atoms with Gasteiger partial charge >= 0.3 is 5.69 Å². The smallest absolute Gasteiger partial charge is 0.300 e. The number of hydrogen-bond donors (Lipinski definition) is 0. The second kappa shape index (κ2) is 5.14. The topological polar surface area (TPSA) is 63.5 Å². The molecule has 0 saturated heterocycles. The molecule has 17 heavy (non-hydrogen) atoms. The maximum Gasteiger partial charge on any atom is 0.300 e. The van der Waals surface area contributed by atoms with E-state index in [1.807, 2.05) is 13.8 Å². The second-order valence-electron chi connectivity index (χ2n) is 3.90. The summed E-state index contributed by atoms with van der Waals surface area (Å²) in [5.74, 6) is -0.408. The van der Waals surface area contributed by atoms with Gasteiger partial charge < -0.3 is 4.90 Å². The third-order valence-electron chi connectivity index (χ3n) is 2.49. The number of hydrogen-bond acceptors (Lipinski definition) is 3. The number of nitrogens with zero attached hydrogens (tertiary/aromatic N) is 2. The molecule has 0 aliphatic carbocycles. The number of amides is 1. The SMILES string of the molecule is CC(C)N(C)C(=O)c1cccc(Cl)c1[N+](=O)[O-]. The lowest BCUT2D eigenvalue weighted by Gasteiger charge is -2.21. The Morgan fingerprint density at radius 3 is 2.53 bits per heavy atom. The zero-order valence-electron chi connectivity index (χ0n) is 9.81. The van der Waals surface area contributed by atoms with Gasteiger partial charge in [-0.25, -0.2) is 0 Å². The second-order valence-corrected chi connectivity index (χ2v) is 4.31. The van der Waals surface area contributed by atoms with Crippen LogP contribution in [0.5, 0.6) is 0 Å². The van der Waals surface area contributed by atoms with Crippen molar-refractivity contribution in [2.45, 2.75) is 19.9 Å². The number of carbonyl (C=O) groups is 1. The van der Waals surface area contributed by atoms with E-state index in [1.165, 1.54) is 23.1 Å². The number of carbonyl (C=O) groups excluding carboxylic acids is 1. The summed E-state index contributed by atoms with van der Waals surface area (Å²) >= 11 is 5.74. The largest absolute Gasteiger partial charge is 0.339 e. The summed E-state index contributed by atoms with van der Waals surface area (Å²) in [6, 6.07) is 4.29. The van der Waals surface area contributed by atoms with Gasteiger partial charge in [0, 0.05) is 13.1 Å². The van der Waals surface area contributed by atoms with Gasteiger partial charge in [0.15, 0.2) is 0 Å². The van der Waals surface area contributed by atoms with E-state index < -0.39 is 10.8 Å². The van der Waals surface area contributed by atoms with Crippen LogP contribution >= 0.6 is 11.6 Å². The first-order valence-corrected chi connectivity index (χ1v) is 5.44. The van der Waals surface area contributed by atoms with E-state index in [4.69, 9.17) is 11.6 Å². The molecule has 1 aromatic carbocycles. The molecule has 0 aliphatic rings. The van der Waals surface area contributed by atoms with Gasteiger partial charge in [0.1, 0.15) is 10.6 Å². The minimum absolute atomic E-state index is 0.0127. The molecule has 0 saturated carbocycles. The highest BCUT2D eigenvalue weighted by atomic mass is 35.5. The third kappa shape index (κ3) is 2.74. The van der Waals surface area contributed by atoms with Gasteiger partial charge in [-0.1, -0.05) is 17.7 Å². The molecular weight excluding hydrogens is 244 g/mol. The molecule has 5 nitrogen and oxygen atoms in total. The van der Waals surface area contributed by atoms with Crippen molar-refractivity contribution in [1.29, 1.82) is 0 Å². The highest BCUT2D eigenvalue weighted by Crippen LogP contribution is 2.29. The van der Waals surface area contributed by atoms with Crippen molar-refractivity contribution in [3.8, 4) is 0 Å². The highest BCUT2D eigenvalue weighted by molar-refractivity contribution is 6.33. The number of para-hydroxylation sites is 1. The first-order chi connectivity index (χ1) is 7.86. The normalized spacial score (nSPS) is 10.4. The molecule has 0 radical (unpaired) electrons. The monoisotopic (exact) mass is 256 g/mol. The van der Waals surface area contributed by atoms with Crippen LogP contribution in [0.2, 0.25) is 5.02 Å². The average molecular weight is 257 g/mol. The van der Waals surface area contributed by atoms with E-state index >= 15 is 0 Å². The highest BCUT2D eigenvalue weighted by Gasteiger charge is 2.26. The van der Waals surface area contributed by atoms with Crippen LogP contribution in [0.25, 0.3) is 0 Å². The summed E-state index contributed by atoms with van der Waals surface area (Å²) in [6.45, 7) is 3.66. The molecule has 0 N–H and O–H groups in total. The molecule has 6 heteroatoms. The van der Waals surface area contributed by atoms with Crippen molar-refractivity contribution in [3.05, 3.63) is 38.9 Å². The zero-order valence-corrected chi connectivity index (χ0v) is 10.6. The Balaban J connectivity index is 3.27. The number of nitro benzene ring substituents is 1. The van der Waals surface area contributed by atoms with Crippen molar-refractivity contribution in [2.24, 2.45) is 0 Å². The third-order valence-corrected chi connectivity index (χ3v) is 2.80. The lowest BCUT2D eigenvalue weighted by molar-refractivity contribution is -0.385. The van der Waals surface area contributed by atoms with Crippen LogP contribution in [0.1, 0.15) is 24.2 Å². The fourth-order valence-electron chi connectivity index (χ4n) is 1.30. The van der Waals surface area contributed by atoms with Gasteiger partial charge in [-0.3, -0.25) is 14.9 Å². The average Bonchev–Trinajstić information content (AvgIpc) is 2.25. The van der Waals surface area contributed by atoms with E-state index in [0.29, 0.717) is 0 Å². The van der Waals surface area contributed by atoms with Gasteiger partial charge in [0.2, 0.25) is 0 Å². The summed E-state index contributed by atoms with van der Waals surface area (Å²) in [5, 5.41) is 10.9. The molecule has 0 aliphatic heterocycles. The Hall–Kier alpha value is -1.62. The van der Waals surface area contributed by atoms with Crippen molar-refractivity contribution in [3.63, 3.8) is 0 Å². The summed E-state index contributed by atoms with van der Waals surface area (Å²) in [6.07, 6.45) is 0. The van der Waals surface area contributed by atoms with Crippen LogP contribution in [0.3, 0.4) is 0 Å². The predicted octanol–water partition coefficient (Wildman–Crippen LogP) is 2.73. The molecule has 0 heterocycles. The summed E-state index contributed by atoms with van der Waals surface area (Å²) in [5.41, 5.74) is -0.328. The Kier molecular flexibility index (Phi) is 4.07. The van der Waals surface area contributed by atoms with Gasteiger partial charge in [-0.05, 0) is 26.0 Å². The zero-order chi connectivity index (χ0) is 13.2. The maximum absolute atomic E-state index is 12.0. The van der Waals surface area contributed by atoms with Gasteiger partial charge in [0.05, 0.1) is 4.92 Å². The van der Waals surface area contributed by atoms with Crippen LogP contribution in [-0.4, -0.2) is 28.8 Å². The molecule has 1 rings (SSSR count). The van der Waals surface area contributed by atoms with Crippen molar-refractivity contribution in [1.82, 2.24) is 4.90 Å². The number of benzene rings is 1. The molecule has 92 valence electrons. The Morgan fingerprint density at radius 2 is 2.06 bits per heavy atom. The lowest BCUT2D eigenvalue weighted by atomic mass is 10.1. The van der Waals surface area contributed by atoms with E-state index in [1.54, 1.807) is 7.05 Å². The maximum atomic E-state index is 12.0. The standard InChI is InChI=1S/C11H13ClN2O3/c1-7(2)13(3)11(15)8-5-4-6-9(12)10(8)14(16)17/h4-7H,1-3H3. The number of halogens is 1. The predicted molar refractivity (Wildman–Crippen MR) is 65.3 cm³/mol. The number of rotatable bonds is 3. The van der Waals surface area contributed by atoms with E-state index in [9.17, 15) is 14.9 Å². The van der Waals surface area contributed by atoms with Crippen LogP contribution in [-0.2, 0) is 0 Å². The van der Waals surface area contributed by atoms with Crippen LogP contribution in [0, 0.1) is 10.1 Å². The van der Waals surface area contributed by atoms with Gasteiger partial charge in [-0.2, -0.15) is 0 Å². The molecule has 0 fully saturated rings. The minimum Gasteiger partial charge on any atom is -0.339 e. The Morgan fingerprint density at radius 1 is 1.47 bits per heavy atom. The van der Waals surface area contributed by atoms with Crippen molar-refractivity contribution in [2.75, 3.05) is 7.05 Å². The fourth-order valence-corrected chi connectivity index (χ4v) is 1.54. The Bertz CT molecular complexity index is 460. The summed E-state index contributed by atoms with van der Waals surface area (Å²) < 4.78 is 0. The quantitative estimate of drug-likeness (QED) is 0.617. The Labute approximate surface area is 104 Å². The summed E-state index contributed by atoms with van der Waals surface area (Å²) in [4.78, 5) is 23.7. The minimum atomic E-state index is -0.635. The van der Waals surface area contributed by atoms with Gasteiger partial charge in [-0.15, -0.1) is 0 Å². The van der Waals surface area contributed by atoms with E-state index in [-0.39, 0.29) is 22.3 Å². The fraction of sp³-hybridized carbons (Fsp3) is 0.364. The first kappa shape index (κ1) is 13.4. The van der Waals surface area contributed by atoms with Crippen molar-refractivity contribution >= 4 is 23.2 Å². The molecule has 1 amide bonds. The van der Waals surface area contributed by atoms with E-state index in [2.05, 4.69) is 0 Å². The molecule has 0 atom stereocenters. The molecule has 0 spiro atoms.